The van der Waals surface area contributed by atoms with E-state index in [2.05, 4.69) is 4.99 Å². The second-order valence-electron chi connectivity index (χ2n) is 4.40. The molecule has 0 aromatic rings. The Balaban J connectivity index is 2.15. The summed E-state index contributed by atoms with van der Waals surface area (Å²) < 4.78 is 0. The van der Waals surface area contributed by atoms with E-state index in [9.17, 15) is 10.1 Å². The maximum absolute atomic E-state index is 10.2. The van der Waals surface area contributed by atoms with Gasteiger partial charge in [-0.1, -0.05) is 32.1 Å². The van der Waals surface area contributed by atoms with Gasteiger partial charge in [-0.25, -0.2) is 0 Å². The summed E-state index contributed by atoms with van der Waals surface area (Å²) in [6, 6.07) is 0. The summed E-state index contributed by atoms with van der Waals surface area (Å²) in [6.45, 7) is 2.40. The first-order chi connectivity index (χ1) is 7.18. The van der Waals surface area contributed by atoms with Crippen LogP contribution in [0, 0.1) is 16.0 Å². The van der Waals surface area contributed by atoms with Crippen LogP contribution in [0.15, 0.2) is 4.99 Å². The van der Waals surface area contributed by atoms with Gasteiger partial charge in [-0.3, -0.25) is 15.1 Å². The number of rotatable bonds is 5. The first kappa shape index (κ1) is 12.1. The molecule has 0 bridgehead atoms. The largest absolute Gasteiger partial charge is 0.288 e. The second kappa shape index (κ2) is 6.53. The van der Waals surface area contributed by atoms with E-state index in [1.165, 1.54) is 32.1 Å². The van der Waals surface area contributed by atoms with Crippen LogP contribution < -0.4 is 0 Å². The number of hydrogen-bond donors (Lipinski definition) is 0. The molecular formula is C11H20N2O2. The molecule has 0 N–H and O–H groups in total. The lowest BCUT2D eigenvalue weighted by atomic mass is 9.87. The van der Waals surface area contributed by atoms with E-state index in [-0.39, 0.29) is 11.5 Å². The highest BCUT2D eigenvalue weighted by Gasteiger charge is 2.12. The van der Waals surface area contributed by atoms with Gasteiger partial charge in [-0.2, -0.15) is 0 Å². The van der Waals surface area contributed by atoms with E-state index in [0.717, 1.165) is 18.9 Å². The number of aliphatic imine (C=N–C) groups is 1. The predicted molar refractivity (Wildman–Crippen MR) is 61.0 cm³/mol. The Kier molecular flexibility index (Phi) is 5.29. The van der Waals surface area contributed by atoms with Gasteiger partial charge in [-0.05, 0) is 19.3 Å². The average molecular weight is 212 g/mol. The molecule has 1 fully saturated rings. The van der Waals surface area contributed by atoms with Crippen LogP contribution in [0.4, 0.5) is 0 Å². The number of nitro groups is 1. The predicted octanol–water partition coefficient (Wildman–Crippen LogP) is 2.69. The Morgan fingerprint density at radius 3 is 2.67 bits per heavy atom. The molecule has 0 aromatic heterocycles. The summed E-state index contributed by atoms with van der Waals surface area (Å²) in [7, 11) is 0. The van der Waals surface area contributed by atoms with Crippen LogP contribution in [-0.4, -0.2) is 23.7 Å². The van der Waals surface area contributed by atoms with Crippen molar-refractivity contribution >= 4 is 5.71 Å². The summed E-state index contributed by atoms with van der Waals surface area (Å²) in [5.74, 6) is 0.811. The number of hydrogen-bond acceptors (Lipinski definition) is 3. The standard InChI is InChI=1S/C11H20N2O2/c1-10(9-13(14)15)12-8-7-11-5-3-2-4-6-11/h11H,2-9H2,1H3. The van der Waals surface area contributed by atoms with Gasteiger partial charge in [0, 0.05) is 11.5 Å². The molecular weight excluding hydrogens is 192 g/mol. The van der Waals surface area contributed by atoms with Gasteiger partial charge < -0.3 is 0 Å². The molecule has 0 radical (unpaired) electrons. The molecule has 86 valence electrons. The normalized spacial score (nSPS) is 19.1. The second-order valence-corrected chi connectivity index (χ2v) is 4.40. The van der Waals surface area contributed by atoms with E-state index >= 15 is 0 Å². The van der Waals surface area contributed by atoms with Crippen molar-refractivity contribution in [2.75, 3.05) is 13.1 Å². The maximum Gasteiger partial charge on any atom is 0.241 e. The van der Waals surface area contributed by atoms with E-state index in [1.54, 1.807) is 6.92 Å². The molecule has 4 nitrogen and oxygen atoms in total. The van der Waals surface area contributed by atoms with Gasteiger partial charge in [-0.15, -0.1) is 0 Å². The fourth-order valence-corrected chi connectivity index (χ4v) is 2.15. The molecule has 0 aliphatic heterocycles. The smallest absolute Gasteiger partial charge is 0.241 e. The Labute approximate surface area is 90.9 Å². The molecule has 0 amide bonds. The van der Waals surface area contributed by atoms with Crippen molar-refractivity contribution in [2.24, 2.45) is 10.9 Å². The molecule has 0 saturated heterocycles. The zero-order valence-corrected chi connectivity index (χ0v) is 9.45. The first-order valence-corrected chi connectivity index (χ1v) is 5.80. The van der Waals surface area contributed by atoms with Crippen LogP contribution in [0.25, 0.3) is 0 Å². The van der Waals surface area contributed by atoms with Crippen molar-refractivity contribution < 1.29 is 4.92 Å². The first-order valence-electron chi connectivity index (χ1n) is 5.80. The van der Waals surface area contributed by atoms with Crippen molar-refractivity contribution in [3.8, 4) is 0 Å². The van der Waals surface area contributed by atoms with Crippen LogP contribution >= 0.6 is 0 Å². The van der Waals surface area contributed by atoms with Crippen molar-refractivity contribution in [3.63, 3.8) is 0 Å². The molecule has 1 aliphatic carbocycles. The third kappa shape index (κ3) is 5.50. The van der Waals surface area contributed by atoms with Crippen LogP contribution in [0.3, 0.4) is 0 Å². The Bertz CT molecular complexity index is 233. The van der Waals surface area contributed by atoms with Gasteiger partial charge in [0.15, 0.2) is 0 Å². The van der Waals surface area contributed by atoms with Crippen LogP contribution in [-0.2, 0) is 0 Å². The van der Waals surface area contributed by atoms with Crippen molar-refractivity contribution in [3.05, 3.63) is 10.1 Å². The van der Waals surface area contributed by atoms with Crippen molar-refractivity contribution in [2.45, 2.75) is 45.4 Å². The van der Waals surface area contributed by atoms with Gasteiger partial charge in [0.05, 0.1) is 5.71 Å². The molecule has 0 atom stereocenters. The highest BCUT2D eigenvalue weighted by Crippen LogP contribution is 2.25. The third-order valence-corrected chi connectivity index (χ3v) is 3.00. The molecule has 0 spiro atoms. The SMILES string of the molecule is CC(C[N+](=O)[O-])=NCCC1CCCCC1. The molecule has 1 aliphatic rings. The lowest BCUT2D eigenvalue weighted by Gasteiger charge is -2.20. The zero-order chi connectivity index (χ0) is 11.1. The summed E-state index contributed by atoms with van der Waals surface area (Å²) >= 11 is 0. The van der Waals surface area contributed by atoms with Crippen LogP contribution in [0.2, 0.25) is 0 Å². The van der Waals surface area contributed by atoms with Crippen LogP contribution in [0.5, 0.6) is 0 Å². The molecule has 0 unspecified atom stereocenters. The van der Waals surface area contributed by atoms with Gasteiger partial charge in [0.25, 0.3) is 0 Å². The lowest BCUT2D eigenvalue weighted by Crippen LogP contribution is -2.12. The summed E-state index contributed by atoms with van der Waals surface area (Å²) in [4.78, 5) is 14.1. The van der Waals surface area contributed by atoms with E-state index in [4.69, 9.17) is 0 Å². The van der Waals surface area contributed by atoms with E-state index in [1.807, 2.05) is 0 Å². The molecule has 15 heavy (non-hydrogen) atoms. The van der Waals surface area contributed by atoms with E-state index in [0.29, 0.717) is 5.71 Å². The quantitative estimate of drug-likeness (QED) is 0.399. The number of nitrogens with zero attached hydrogens (tertiary/aromatic N) is 2. The summed E-state index contributed by atoms with van der Waals surface area (Å²) in [6.07, 6.45) is 7.83. The monoisotopic (exact) mass is 212 g/mol. The Morgan fingerprint density at radius 1 is 1.40 bits per heavy atom. The maximum atomic E-state index is 10.2. The fraction of sp³-hybridized carbons (Fsp3) is 0.909. The van der Waals surface area contributed by atoms with Gasteiger partial charge in [0.1, 0.15) is 0 Å². The minimum absolute atomic E-state index is 0.106. The molecule has 0 heterocycles. The lowest BCUT2D eigenvalue weighted by molar-refractivity contribution is -0.463. The topological polar surface area (TPSA) is 55.5 Å². The zero-order valence-electron chi connectivity index (χ0n) is 9.45. The highest BCUT2D eigenvalue weighted by molar-refractivity contribution is 5.82. The minimum atomic E-state index is -0.320. The summed E-state index contributed by atoms with van der Waals surface area (Å²) in [5, 5.41) is 10.2. The molecule has 1 saturated carbocycles. The minimum Gasteiger partial charge on any atom is -0.288 e. The van der Waals surface area contributed by atoms with E-state index < -0.39 is 0 Å². The molecule has 0 aromatic carbocycles. The summed E-state index contributed by atoms with van der Waals surface area (Å²) in [5.41, 5.74) is 0.649. The molecule has 4 heteroatoms. The fourth-order valence-electron chi connectivity index (χ4n) is 2.15. The van der Waals surface area contributed by atoms with Gasteiger partial charge in [0.2, 0.25) is 6.54 Å². The van der Waals surface area contributed by atoms with Crippen LogP contribution in [0.1, 0.15) is 45.4 Å². The average Bonchev–Trinajstić information content (AvgIpc) is 2.18. The Hall–Kier alpha value is -0.930. The van der Waals surface area contributed by atoms with Crippen molar-refractivity contribution in [1.29, 1.82) is 0 Å². The highest BCUT2D eigenvalue weighted by atomic mass is 16.6. The molecule has 1 rings (SSSR count). The Morgan fingerprint density at radius 2 is 2.07 bits per heavy atom. The van der Waals surface area contributed by atoms with Crippen molar-refractivity contribution in [1.82, 2.24) is 0 Å². The third-order valence-electron chi connectivity index (χ3n) is 3.00. The van der Waals surface area contributed by atoms with Gasteiger partial charge >= 0.3 is 0 Å².